The summed E-state index contributed by atoms with van der Waals surface area (Å²) in [5.74, 6) is -0.237. The molecule has 29 heavy (non-hydrogen) atoms. The van der Waals surface area contributed by atoms with Gasteiger partial charge in [0.2, 0.25) is 0 Å². The fraction of sp³-hybridized carbons (Fsp3) is 0.682. The van der Waals surface area contributed by atoms with Crippen molar-refractivity contribution in [2.24, 2.45) is 0 Å². The number of amides is 1. The third-order valence-electron chi connectivity index (χ3n) is 6.23. The molecule has 0 aliphatic carbocycles. The molecule has 3 rings (SSSR count). The highest BCUT2D eigenvalue weighted by Crippen LogP contribution is 2.47. The second kappa shape index (κ2) is 7.58. The fourth-order valence-corrected chi connectivity index (χ4v) is 3.94. The summed E-state index contributed by atoms with van der Waals surface area (Å²) in [7, 11) is -0.458. The van der Waals surface area contributed by atoms with Crippen LogP contribution < -0.4 is 0 Å². The van der Waals surface area contributed by atoms with E-state index >= 15 is 0 Å². The average molecular weight is 405 g/mol. The van der Waals surface area contributed by atoms with Crippen molar-refractivity contribution in [3.63, 3.8) is 0 Å². The average Bonchev–Trinajstić information content (AvgIpc) is 2.81. The maximum atomic E-state index is 13.5. The van der Waals surface area contributed by atoms with Crippen molar-refractivity contribution in [3.05, 3.63) is 35.6 Å². The Kier molecular flexibility index (Phi) is 5.78. The molecule has 1 aromatic rings. The lowest BCUT2D eigenvalue weighted by Crippen LogP contribution is -2.47. The van der Waals surface area contributed by atoms with E-state index in [0.717, 1.165) is 12.0 Å². The molecule has 2 aliphatic rings. The Hall–Kier alpha value is -1.60. The highest BCUT2D eigenvalue weighted by molar-refractivity contribution is 6.48. The molecule has 0 spiro atoms. The van der Waals surface area contributed by atoms with Crippen molar-refractivity contribution in [1.82, 2.24) is 4.90 Å². The minimum atomic E-state index is -0.551. The van der Waals surface area contributed by atoms with Crippen molar-refractivity contribution in [3.8, 4) is 0 Å². The number of nitrogens with zero attached hydrogens (tertiary/aromatic N) is 1. The van der Waals surface area contributed by atoms with Crippen LogP contribution in [-0.2, 0) is 14.0 Å². The first-order valence-corrected chi connectivity index (χ1v) is 10.4. The predicted molar refractivity (Wildman–Crippen MR) is 111 cm³/mol. The van der Waals surface area contributed by atoms with Crippen LogP contribution in [0.2, 0.25) is 5.82 Å². The zero-order valence-corrected chi connectivity index (χ0v) is 18.6. The summed E-state index contributed by atoms with van der Waals surface area (Å²) in [4.78, 5) is 14.4. The van der Waals surface area contributed by atoms with Crippen molar-refractivity contribution in [2.45, 2.75) is 83.4 Å². The van der Waals surface area contributed by atoms with Crippen molar-refractivity contribution in [1.29, 1.82) is 0 Å². The smallest absolute Gasteiger partial charge is 0.444 e. The number of rotatable bonds is 2. The van der Waals surface area contributed by atoms with Crippen LogP contribution in [0.1, 0.15) is 66.4 Å². The lowest BCUT2D eigenvalue weighted by molar-refractivity contribution is 0.00578. The third kappa shape index (κ3) is 4.77. The second-order valence-electron chi connectivity index (χ2n) is 10.2. The monoisotopic (exact) mass is 405 g/mol. The van der Waals surface area contributed by atoms with Gasteiger partial charge in [-0.05, 0) is 78.5 Å². The molecular weight excluding hydrogens is 372 g/mol. The zero-order valence-electron chi connectivity index (χ0n) is 18.6. The van der Waals surface area contributed by atoms with Gasteiger partial charge in [0.05, 0.1) is 11.2 Å². The minimum Gasteiger partial charge on any atom is -0.444 e. The molecule has 0 bridgehead atoms. The van der Waals surface area contributed by atoms with Crippen LogP contribution in [-0.4, -0.2) is 48.0 Å². The molecule has 2 fully saturated rings. The number of carbonyl (C=O) groups is 1. The summed E-state index contributed by atoms with van der Waals surface area (Å²) in [6, 6.07) is 6.61. The Labute approximate surface area is 174 Å². The maximum absolute atomic E-state index is 13.5. The normalized spacial score (nSPS) is 26.5. The Bertz CT molecular complexity index is 728. The molecule has 1 amide bonds. The number of hydrogen-bond acceptors (Lipinski definition) is 4. The van der Waals surface area contributed by atoms with Gasteiger partial charge < -0.3 is 18.9 Å². The van der Waals surface area contributed by atoms with E-state index in [1.807, 2.05) is 60.6 Å². The van der Waals surface area contributed by atoms with Crippen LogP contribution in [0.5, 0.6) is 0 Å². The number of piperidine rings is 1. The van der Waals surface area contributed by atoms with Gasteiger partial charge >= 0.3 is 13.2 Å². The molecule has 2 aliphatic heterocycles. The number of halogens is 1. The molecule has 2 heterocycles. The third-order valence-corrected chi connectivity index (χ3v) is 6.23. The largest absolute Gasteiger partial charge is 0.463 e. The van der Waals surface area contributed by atoms with Gasteiger partial charge in [-0.25, -0.2) is 9.18 Å². The number of hydrogen-bond donors (Lipinski definition) is 0. The number of ether oxygens (including phenoxy) is 1. The highest BCUT2D eigenvalue weighted by Gasteiger charge is 2.56. The molecule has 2 saturated heterocycles. The van der Waals surface area contributed by atoms with Crippen molar-refractivity contribution in [2.75, 3.05) is 13.1 Å². The molecule has 0 saturated carbocycles. The second-order valence-corrected chi connectivity index (χ2v) is 10.2. The van der Waals surface area contributed by atoms with Gasteiger partial charge in [0, 0.05) is 18.9 Å². The standard InChI is InChI=1S/C22H33BFNO4/c1-20(2,3)27-19(26)25-13-12-17(15-8-10-16(24)11-9-15)18(14-25)23-28-21(4,5)22(6,7)29-23/h8-11,17-18H,12-14H2,1-7H3/t17-,18+/m1/s1. The topological polar surface area (TPSA) is 48.0 Å². The summed E-state index contributed by atoms with van der Waals surface area (Å²) in [5.41, 5.74) is -0.432. The molecule has 5 nitrogen and oxygen atoms in total. The predicted octanol–water partition coefficient (Wildman–Crippen LogP) is 5.01. The fourth-order valence-electron chi connectivity index (χ4n) is 3.94. The number of carbonyl (C=O) groups excluding carboxylic acids is 1. The molecule has 160 valence electrons. The van der Waals surface area contributed by atoms with Crippen LogP contribution in [0.3, 0.4) is 0 Å². The highest BCUT2D eigenvalue weighted by atomic mass is 19.1. The number of likely N-dealkylation sites (tertiary alicyclic amines) is 1. The summed E-state index contributed by atoms with van der Waals surface area (Å²) in [5, 5.41) is 0. The molecule has 1 aromatic carbocycles. The SMILES string of the molecule is CC(C)(C)OC(=O)N1CC[C@H](c2ccc(F)cc2)[C@@H](B2OC(C)(C)C(C)(C)O2)C1. The van der Waals surface area contributed by atoms with Gasteiger partial charge in [-0.15, -0.1) is 0 Å². The maximum Gasteiger partial charge on any atom is 0.463 e. The summed E-state index contributed by atoms with van der Waals surface area (Å²) in [6.45, 7) is 14.7. The Morgan fingerprint density at radius 1 is 1.14 bits per heavy atom. The molecule has 2 atom stereocenters. The van der Waals surface area contributed by atoms with Crippen LogP contribution in [0.15, 0.2) is 24.3 Å². The quantitative estimate of drug-likeness (QED) is 0.649. The van der Waals surface area contributed by atoms with E-state index in [1.165, 1.54) is 12.1 Å². The van der Waals surface area contributed by atoms with E-state index in [4.69, 9.17) is 14.0 Å². The van der Waals surface area contributed by atoms with Crippen LogP contribution in [0.4, 0.5) is 9.18 Å². The number of benzene rings is 1. The molecule has 0 radical (unpaired) electrons. The van der Waals surface area contributed by atoms with Crippen LogP contribution >= 0.6 is 0 Å². The van der Waals surface area contributed by atoms with E-state index in [2.05, 4.69) is 0 Å². The first-order valence-electron chi connectivity index (χ1n) is 10.4. The van der Waals surface area contributed by atoms with Gasteiger partial charge in [0.15, 0.2) is 0 Å². The van der Waals surface area contributed by atoms with Gasteiger partial charge in [-0.1, -0.05) is 12.1 Å². The van der Waals surface area contributed by atoms with Gasteiger partial charge in [0.25, 0.3) is 0 Å². The molecule has 0 unspecified atom stereocenters. The van der Waals surface area contributed by atoms with E-state index in [1.54, 1.807) is 4.90 Å². The molecule has 0 aromatic heterocycles. The van der Waals surface area contributed by atoms with Crippen molar-refractivity contribution >= 4 is 13.2 Å². The van der Waals surface area contributed by atoms with Gasteiger partial charge in [-0.3, -0.25) is 0 Å². The van der Waals surface area contributed by atoms with E-state index in [-0.39, 0.29) is 23.6 Å². The first-order chi connectivity index (χ1) is 13.3. The first kappa shape index (κ1) is 22.1. The summed E-state index contributed by atoms with van der Waals surface area (Å²) in [6.07, 6.45) is 0.413. The molecule has 7 heteroatoms. The van der Waals surface area contributed by atoms with E-state index in [9.17, 15) is 9.18 Å². The lowest BCUT2D eigenvalue weighted by Gasteiger charge is -2.40. The van der Waals surface area contributed by atoms with Crippen LogP contribution in [0, 0.1) is 5.82 Å². The Balaban J connectivity index is 1.86. The molecular formula is C22H33BFNO4. The summed E-state index contributed by atoms with van der Waals surface area (Å²) < 4.78 is 31.7. The summed E-state index contributed by atoms with van der Waals surface area (Å²) >= 11 is 0. The zero-order chi connectivity index (χ0) is 21.6. The lowest BCUT2D eigenvalue weighted by atomic mass is 9.60. The van der Waals surface area contributed by atoms with Gasteiger partial charge in [0.1, 0.15) is 11.4 Å². The Morgan fingerprint density at radius 2 is 1.69 bits per heavy atom. The van der Waals surface area contributed by atoms with E-state index < -0.39 is 23.9 Å². The minimum absolute atomic E-state index is 0.0808. The Morgan fingerprint density at radius 3 is 2.21 bits per heavy atom. The van der Waals surface area contributed by atoms with Gasteiger partial charge in [-0.2, -0.15) is 0 Å². The molecule has 0 N–H and O–H groups in total. The van der Waals surface area contributed by atoms with Crippen LogP contribution in [0.25, 0.3) is 0 Å². The van der Waals surface area contributed by atoms with E-state index in [0.29, 0.717) is 13.1 Å². The van der Waals surface area contributed by atoms with Crippen molar-refractivity contribution < 1.29 is 23.2 Å².